The first-order valence-corrected chi connectivity index (χ1v) is 6.59. The van der Waals surface area contributed by atoms with Crippen LogP contribution in [0.2, 0.25) is 0 Å². The van der Waals surface area contributed by atoms with Crippen molar-refractivity contribution in [2.24, 2.45) is 0 Å². The van der Waals surface area contributed by atoms with Gasteiger partial charge in [0.1, 0.15) is 0 Å². The fraction of sp³-hybridized carbons (Fsp3) is 0.176. The molecular weight excluding hydrogens is 234 g/mol. The van der Waals surface area contributed by atoms with Gasteiger partial charge >= 0.3 is 0 Å². The maximum absolute atomic E-state index is 9.04. The maximum Gasteiger partial charge on any atom is 0.0486 e. The average Bonchev–Trinajstić information content (AvgIpc) is 2.83. The fourth-order valence-corrected chi connectivity index (χ4v) is 2.43. The molecule has 0 saturated carbocycles. The minimum Gasteiger partial charge on any atom is -0.396 e. The van der Waals surface area contributed by atoms with Crippen molar-refractivity contribution in [3.63, 3.8) is 0 Å². The SMILES string of the molecule is OCCc1ccc2ccn(Cc3ccccc3)c2c1. The zero-order chi connectivity index (χ0) is 13.1. The lowest BCUT2D eigenvalue weighted by Crippen LogP contribution is -1.98. The van der Waals surface area contributed by atoms with E-state index < -0.39 is 0 Å². The third kappa shape index (κ3) is 2.54. The Kier molecular flexibility index (Phi) is 3.34. The van der Waals surface area contributed by atoms with Crippen molar-refractivity contribution >= 4 is 10.9 Å². The van der Waals surface area contributed by atoms with Crippen LogP contribution < -0.4 is 0 Å². The highest BCUT2D eigenvalue weighted by molar-refractivity contribution is 5.81. The first-order valence-electron chi connectivity index (χ1n) is 6.59. The molecule has 0 saturated heterocycles. The molecule has 0 amide bonds. The topological polar surface area (TPSA) is 25.2 Å². The quantitative estimate of drug-likeness (QED) is 0.756. The molecule has 1 aromatic heterocycles. The van der Waals surface area contributed by atoms with Crippen LogP contribution >= 0.6 is 0 Å². The minimum absolute atomic E-state index is 0.199. The Bertz CT molecular complexity index is 670. The first kappa shape index (κ1) is 12.0. The number of aromatic nitrogens is 1. The summed E-state index contributed by atoms with van der Waals surface area (Å²) in [4.78, 5) is 0. The van der Waals surface area contributed by atoms with Crippen LogP contribution in [0.5, 0.6) is 0 Å². The van der Waals surface area contributed by atoms with Gasteiger partial charge < -0.3 is 9.67 Å². The van der Waals surface area contributed by atoms with Crippen LogP contribution in [0.25, 0.3) is 10.9 Å². The summed E-state index contributed by atoms with van der Waals surface area (Å²) in [5, 5.41) is 10.3. The monoisotopic (exact) mass is 251 g/mol. The highest BCUT2D eigenvalue weighted by Gasteiger charge is 2.03. The molecule has 1 heterocycles. The van der Waals surface area contributed by atoms with E-state index in [9.17, 15) is 0 Å². The average molecular weight is 251 g/mol. The van der Waals surface area contributed by atoms with Gasteiger partial charge in [-0.2, -0.15) is 0 Å². The highest BCUT2D eigenvalue weighted by atomic mass is 16.2. The molecule has 0 spiro atoms. The second-order valence-electron chi connectivity index (χ2n) is 4.80. The van der Waals surface area contributed by atoms with Crippen molar-refractivity contribution in [1.82, 2.24) is 4.57 Å². The molecule has 2 heteroatoms. The van der Waals surface area contributed by atoms with Gasteiger partial charge in [-0.15, -0.1) is 0 Å². The van der Waals surface area contributed by atoms with Gasteiger partial charge in [-0.1, -0.05) is 42.5 Å². The summed E-state index contributed by atoms with van der Waals surface area (Å²) in [5.41, 5.74) is 3.71. The molecule has 2 aromatic carbocycles. The molecule has 0 aliphatic carbocycles. The third-order valence-corrected chi connectivity index (χ3v) is 3.43. The van der Waals surface area contributed by atoms with E-state index in [4.69, 9.17) is 5.11 Å². The number of hydrogen-bond acceptors (Lipinski definition) is 1. The summed E-state index contributed by atoms with van der Waals surface area (Å²) in [7, 11) is 0. The van der Waals surface area contributed by atoms with Gasteiger partial charge in [0.25, 0.3) is 0 Å². The van der Waals surface area contributed by atoms with Crippen molar-refractivity contribution < 1.29 is 5.11 Å². The van der Waals surface area contributed by atoms with Gasteiger partial charge in [0.2, 0.25) is 0 Å². The van der Waals surface area contributed by atoms with Gasteiger partial charge in [0.05, 0.1) is 0 Å². The van der Waals surface area contributed by atoms with Gasteiger partial charge in [0, 0.05) is 24.9 Å². The van der Waals surface area contributed by atoms with E-state index in [1.54, 1.807) is 0 Å². The van der Waals surface area contributed by atoms with E-state index in [1.807, 2.05) is 6.07 Å². The largest absolute Gasteiger partial charge is 0.396 e. The summed E-state index contributed by atoms with van der Waals surface area (Å²) in [6, 6.07) is 19.0. The van der Waals surface area contributed by atoms with E-state index >= 15 is 0 Å². The summed E-state index contributed by atoms with van der Waals surface area (Å²) in [6.45, 7) is 1.08. The smallest absolute Gasteiger partial charge is 0.0486 e. The molecule has 3 rings (SSSR count). The van der Waals surface area contributed by atoms with Crippen LogP contribution in [-0.2, 0) is 13.0 Å². The van der Waals surface area contributed by atoms with Crippen LogP contribution in [0, 0.1) is 0 Å². The molecule has 19 heavy (non-hydrogen) atoms. The van der Waals surface area contributed by atoms with Crippen LogP contribution in [0.15, 0.2) is 60.8 Å². The van der Waals surface area contributed by atoms with Crippen molar-refractivity contribution in [3.8, 4) is 0 Å². The zero-order valence-electron chi connectivity index (χ0n) is 10.8. The summed E-state index contributed by atoms with van der Waals surface area (Å²) >= 11 is 0. The molecule has 96 valence electrons. The molecule has 0 bridgehead atoms. The number of nitrogens with zero attached hydrogens (tertiary/aromatic N) is 1. The minimum atomic E-state index is 0.199. The molecule has 0 atom stereocenters. The van der Waals surface area contributed by atoms with Crippen molar-refractivity contribution in [2.45, 2.75) is 13.0 Å². The number of hydrogen-bond donors (Lipinski definition) is 1. The molecule has 0 aliphatic rings. The second kappa shape index (κ2) is 5.29. The predicted molar refractivity (Wildman–Crippen MR) is 78.3 cm³/mol. The maximum atomic E-state index is 9.04. The third-order valence-electron chi connectivity index (χ3n) is 3.43. The molecule has 0 unspecified atom stereocenters. The number of benzene rings is 2. The predicted octanol–water partition coefficient (Wildman–Crippen LogP) is 3.22. The van der Waals surface area contributed by atoms with Crippen molar-refractivity contribution in [2.75, 3.05) is 6.61 Å². The molecule has 3 aromatic rings. The highest BCUT2D eigenvalue weighted by Crippen LogP contribution is 2.19. The lowest BCUT2D eigenvalue weighted by atomic mass is 10.1. The standard InChI is InChI=1S/C17H17NO/c19-11-9-14-6-7-16-8-10-18(17(16)12-14)13-15-4-2-1-3-5-15/h1-8,10,12,19H,9,11,13H2. The first-order chi connectivity index (χ1) is 9.36. The van der Waals surface area contributed by atoms with Crippen molar-refractivity contribution in [3.05, 3.63) is 71.9 Å². The number of fused-ring (bicyclic) bond motifs is 1. The Labute approximate surface area is 112 Å². The van der Waals surface area contributed by atoms with E-state index in [0.717, 1.165) is 6.54 Å². The Balaban J connectivity index is 1.97. The van der Waals surface area contributed by atoms with Crippen LogP contribution in [-0.4, -0.2) is 16.3 Å². The summed E-state index contributed by atoms with van der Waals surface area (Å²) in [5.74, 6) is 0. The fourth-order valence-electron chi connectivity index (χ4n) is 2.43. The number of rotatable bonds is 4. The molecule has 0 radical (unpaired) electrons. The van der Waals surface area contributed by atoms with Gasteiger partial charge in [-0.3, -0.25) is 0 Å². The van der Waals surface area contributed by atoms with E-state index in [-0.39, 0.29) is 6.61 Å². The van der Waals surface area contributed by atoms with Crippen LogP contribution in [0.4, 0.5) is 0 Å². The lowest BCUT2D eigenvalue weighted by Gasteiger charge is -2.07. The Morgan fingerprint density at radius 3 is 2.53 bits per heavy atom. The summed E-state index contributed by atoms with van der Waals surface area (Å²) in [6.07, 6.45) is 2.84. The molecule has 0 fully saturated rings. The molecule has 2 nitrogen and oxygen atoms in total. The number of aliphatic hydroxyl groups excluding tert-OH is 1. The van der Waals surface area contributed by atoms with E-state index in [2.05, 4.69) is 59.3 Å². The zero-order valence-corrected chi connectivity index (χ0v) is 10.8. The van der Waals surface area contributed by atoms with Gasteiger partial charge in [0.15, 0.2) is 0 Å². The number of aliphatic hydroxyl groups is 1. The Morgan fingerprint density at radius 1 is 0.895 bits per heavy atom. The van der Waals surface area contributed by atoms with Gasteiger partial charge in [-0.25, -0.2) is 0 Å². The normalized spacial score (nSPS) is 11.0. The second-order valence-corrected chi connectivity index (χ2v) is 4.80. The Morgan fingerprint density at radius 2 is 1.74 bits per heavy atom. The van der Waals surface area contributed by atoms with Gasteiger partial charge in [-0.05, 0) is 35.1 Å². The van der Waals surface area contributed by atoms with E-state index in [0.29, 0.717) is 6.42 Å². The molecular formula is C17H17NO. The van der Waals surface area contributed by atoms with Crippen molar-refractivity contribution in [1.29, 1.82) is 0 Å². The Hall–Kier alpha value is -2.06. The lowest BCUT2D eigenvalue weighted by molar-refractivity contribution is 0.299. The van der Waals surface area contributed by atoms with Crippen LogP contribution in [0.1, 0.15) is 11.1 Å². The van der Waals surface area contributed by atoms with E-state index in [1.165, 1.54) is 22.0 Å². The molecule has 0 aliphatic heterocycles. The van der Waals surface area contributed by atoms with Crippen LogP contribution in [0.3, 0.4) is 0 Å². The molecule has 1 N–H and O–H groups in total. The summed E-state index contributed by atoms with van der Waals surface area (Å²) < 4.78 is 2.26.